The largest absolute Gasteiger partial charge is 0.356 e. The molecule has 0 bridgehead atoms. The zero-order valence-corrected chi connectivity index (χ0v) is 11.1. The van der Waals surface area contributed by atoms with E-state index in [2.05, 4.69) is 19.2 Å². The molecular weight excluding hydrogens is 188 g/mol. The number of hydrogen-bond donors (Lipinski definition) is 2. The molecule has 0 aromatic rings. The van der Waals surface area contributed by atoms with Crippen molar-refractivity contribution in [1.82, 2.24) is 5.32 Å². The maximum Gasteiger partial charge on any atom is 0.207 e. The third kappa shape index (κ3) is 11.4. The van der Waals surface area contributed by atoms with Gasteiger partial charge >= 0.3 is 0 Å². The van der Waals surface area contributed by atoms with Crippen molar-refractivity contribution in [3.8, 4) is 0 Å². The Morgan fingerprint density at radius 2 is 1.80 bits per heavy atom. The molecule has 0 aliphatic heterocycles. The van der Waals surface area contributed by atoms with Gasteiger partial charge in [-0.25, -0.2) is 0 Å². The summed E-state index contributed by atoms with van der Waals surface area (Å²) >= 11 is 0. The van der Waals surface area contributed by atoms with Crippen molar-refractivity contribution >= 4 is 6.41 Å². The van der Waals surface area contributed by atoms with Crippen LogP contribution in [-0.4, -0.2) is 32.1 Å². The number of rotatable bonds is 8. The monoisotopic (exact) mass is 217 g/mol. The molecule has 0 aromatic heterocycles. The van der Waals surface area contributed by atoms with Crippen LogP contribution in [0, 0.1) is 0 Å². The molecule has 3 heteroatoms. The lowest BCUT2D eigenvalue weighted by molar-refractivity contribution is -0.896. The maximum absolute atomic E-state index is 10.1. The predicted molar refractivity (Wildman–Crippen MR) is 66.2 cm³/mol. The molecule has 0 aliphatic carbocycles. The number of hydrogen-bond acceptors (Lipinski definition) is 1. The molecule has 0 spiro atoms. The van der Waals surface area contributed by atoms with Crippen LogP contribution in [0.2, 0.25) is 0 Å². The minimum atomic E-state index is 0.326. The van der Waals surface area contributed by atoms with E-state index in [9.17, 15) is 4.79 Å². The van der Waals surface area contributed by atoms with Gasteiger partial charge in [0.1, 0.15) is 0 Å². The molecule has 15 heavy (non-hydrogen) atoms. The quantitative estimate of drug-likeness (QED) is 0.581. The smallest absolute Gasteiger partial charge is 0.207 e. The second-order valence-corrected chi connectivity index (χ2v) is 3.53. The van der Waals surface area contributed by atoms with Gasteiger partial charge in [0.25, 0.3) is 0 Å². The average molecular weight is 217 g/mol. The Bertz CT molecular complexity index is 125. The number of carbonyl (C=O) groups is 1. The van der Waals surface area contributed by atoms with E-state index in [4.69, 9.17) is 0 Å². The minimum Gasteiger partial charge on any atom is -0.356 e. The molecule has 1 amide bonds. The molecule has 1 unspecified atom stereocenters. The van der Waals surface area contributed by atoms with Crippen molar-refractivity contribution in [2.24, 2.45) is 0 Å². The first-order chi connectivity index (χ1) is 7.24. The average Bonchev–Trinajstić information content (AvgIpc) is 2.28. The summed E-state index contributed by atoms with van der Waals surface area (Å²) in [5.41, 5.74) is 0. The summed E-state index contributed by atoms with van der Waals surface area (Å²) in [7, 11) is 0. The molecule has 0 rings (SSSR count). The van der Waals surface area contributed by atoms with E-state index < -0.39 is 0 Å². The highest BCUT2D eigenvalue weighted by Crippen LogP contribution is 1.92. The first-order valence-corrected chi connectivity index (χ1v) is 6.27. The van der Waals surface area contributed by atoms with Gasteiger partial charge in [-0.1, -0.05) is 13.8 Å². The first-order valence-electron chi connectivity index (χ1n) is 6.27. The highest BCUT2D eigenvalue weighted by Gasteiger charge is 2.04. The van der Waals surface area contributed by atoms with Gasteiger partial charge in [-0.2, -0.15) is 0 Å². The Labute approximate surface area is 95.2 Å². The van der Waals surface area contributed by atoms with Crippen molar-refractivity contribution in [2.75, 3.05) is 19.6 Å². The normalized spacial score (nSPS) is 11.6. The maximum atomic E-state index is 10.1. The van der Waals surface area contributed by atoms with Gasteiger partial charge in [0, 0.05) is 6.04 Å². The first kappa shape index (κ1) is 16.8. The zero-order chi connectivity index (χ0) is 12.1. The Morgan fingerprint density at radius 1 is 1.27 bits per heavy atom. The topological polar surface area (TPSA) is 33.5 Å². The van der Waals surface area contributed by atoms with Crippen LogP contribution in [0.25, 0.3) is 0 Å². The van der Waals surface area contributed by atoms with Crippen molar-refractivity contribution in [3.05, 3.63) is 0 Å². The summed E-state index contributed by atoms with van der Waals surface area (Å²) in [6, 6.07) is 0.326. The van der Waals surface area contributed by atoms with Gasteiger partial charge in [-0.3, -0.25) is 4.79 Å². The third-order valence-electron chi connectivity index (χ3n) is 2.52. The van der Waals surface area contributed by atoms with Gasteiger partial charge in [0.2, 0.25) is 6.41 Å². The van der Waals surface area contributed by atoms with E-state index >= 15 is 0 Å². The lowest BCUT2D eigenvalue weighted by Crippen LogP contribution is -3.11. The van der Waals surface area contributed by atoms with E-state index in [0.29, 0.717) is 6.04 Å². The number of quaternary nitrogens is 1. The van der Waals surface area contributed by atoms with E-state index in [0.717, 1.165) is 12.8 Å². The second-order valence-electron chi connectivity index (χ2n) is 3.53. The van der Waals surface area contributed by atoms with Gasteiger partial charge in [-0.15, -0.1) is 0 Å². The highest BCUT2D eigenvalue weighted by molar-refractivity contribution is 5.46. The third-order valence-corrected chi connectivity index (χ3v) is 2.52. The summed E-state index contributed by atoms with van der Waals surface area (Å²) in [5.74, 6) is 0. The SMILES string of the molecule is CC.CC[NH+](CC)CCCC(C)NC=O. The molecule has 0 radical (unpaired) electrons. The van der Waals surface area contributed by atoms with E-state index in [-0.39, 0.29) is 0 Å². The fourth-order valence-electron chi connectivity index (χ4n) is 1.46. The van der Waals surface area contributed by atoms with Gasteiger partial charge in [0.05, 0.1) is 19.6 Å². The Balaban J connectivity index is 0. The molecule has 0 aromatic carbocycles. The predicted octanol–water partition coefficient (Wildman–Crippen LogP) is 0.852. The van der Waals surface area contributed by atoms with Crippen molar-refractivity contribution < 1.29 is 9.69 Å². The molecule has 0 fully saturated rings. The summed E-state index contributed by atoms with van der Waals surface area (Å²) < 4.78 is 0. The van der Waals surface area contributed by atoms with Crippen molar-refractivity contribution in [1.29, 1.82) is 0 Å². The van der Waals surface area contributed by atoms with Gasteiger partial charge in [-0.05, 0) is 33.6 Å². The van der Waals surface area contributed by atoms with E-state index in [1.165, 1.54) is 26.1 Å². The second kappa shape index (κ2) is 13.4. The summed E-state index contributed by atoms with van der Waals surface area (Å²) in [4.78, 5) is 11.7. The van der Waals surface area contributed by atoms with Crippen LogP contribution in [-0.2, 0) is 4.79 Å². The molecule has 0 saturated carbocycles. The highest BCUT2D eigenvalue weighted by atomic mass is 16.1. The fraction of sp³-hybridized carbons (Fsp3) is 0.917. The van der Waals surface area contributed by atoms with Crippen LogP contribution in [0.1, 0.15) is 47.5 Å². The number of carbonyl (C=O) groups excluding carboxylic acids is 1. The molecular formula is C12H29N2O+. The Hall–Kier alpha value is -0.570. The summed E-state index contributed by atoms with van der Waals surface area (Å²) in [6.45, 7) is 14.1. The number of nitrogens with one attached hydrogen (secondary N) is 2. The summed E-state index contributed by atoms with van der Waals surface area (Å²) in [5, 5.41) is 2.77. The molecule has 0 aliphatic rings. The molecule has 2 N–H and O–H groups in total. The molecule has 1 atom stereocenters. The van der Waals surface area contributed by atoms with Crippen LogP contribution in [0.4, 0.5) is 0 Å². The number of amides is 1. The Kier molecular flexibility index (Phi) is 15.1. The van der Waals surface area contributed by atoms with Crippen LogP contribution in [0.3, 0.4) is 0 Å². The van der Waals surface area contributed by atoms with Crippen molar-refractivity contribution in [2.45, 2.75) is 53.5 Å². The van der Waals surface area contributed by atoms with Crippen LogP contribution in [0.15, 0.2) is 0 Å². The van der Waals surface area contributed by atoms with Crippen LogP contribution in [0.5, 0.6) is 0 Å². The molecule has 0 saturated heterocycles. The van der Waals surface area contributed by atoms with Gasteiger partial charge < -0.3 is 10.2 Å². The van der Waals surface area contributed by atoms with E-state index in [1.54, 1.807) is 4.90 Å². The Morgan fingerprint density at radius 3 is 2.20 bits per heavy atom. The fourth-order valence-corrected chi connectivity index (χ4v) is 1.46. The standard InChI is InChI=1S/C10H22N2O.C2H6/c1-4-12(5-2)8-6-7-10(3)11-9-13;1-2/h9-10H,4-8H2,1-3H3,(H,11,13);1-2H3/p+1. The van der Waals surface area contributed by atoms with Crippen LogP contribution >= 0.6 is 0 Å². The van der Waals surface area contributed by atoms with Gasteiger partial charge in [0.15, 0.2) is 0 Å². The molecule has 0 heterocycles. The zero-order valence-electron chi connectivity index (χ0n) is 11.1. The lowest BCUT2D eigenvalue weighted by Gasteiger charge is -2.16. The van der Waals surface area contributed by atoms with Crippen molar-refractivity contribution in [3.63, 3.8) is 0 Å². The lowest BCUT2D eigenvalue weighted by atomic mass is 10.2. The van der Waals surface area contributed by atoms with E-state index in [1.807, 2.05) is 20.8 Å². The summed E-state index contributed by atoms with van der Waals surface area (Å²) in [6.07, 6.45) is 3.07. The molecule has 92 valence electrons. The van der Waals surface area contributed by atoms with Crippen LogP contribution < -0.4 is 10.2 Å². The minimum absolute atomic E-state index is 0.326. The molecule has 3 nitrogen and oxygen atoms in total.